The van der Waals surface area contributed by atoms with Gasteiger partial charge in [0.2, 0.25) is 5.95 Å². The van der Waals surface area contributed by atoms with Gasteiger partial charge in [-0.05, 0) is 31.2 Å². The highest BCUT2D eigenvalue weighted by atomic mass is 35.5. The van der Waals surface area contributed by atoms with E-state index in [-0.39, 0.29) is 5.95 Å². The van der Waals surface area contributed by atoms with Gasteiger partial charge in [0, 0.05) is 23.6 Å². The van der Waals surface area contributed by atoms with Crippen molar-refractivity contribution in [3.63, 3.8) is 0 Å². The van der Waals surface area contributed by atoms with E-state index in [4.69, 9.17) is 21.1 Å². The third-order valence-electron chi connectivity index (χ3n) is 4.61. The van der Waals surface area contributed by atoms with Crippen LogP contribution in [0, 0.1) is 6.92 Å². The van der Waals surface area contributed by atoms with Crippen LogP contribution in [0.5, 0.6) is 11.5 Å². The van der Waals surface area contributed by atoms with E-state index in [0.29, 0.717) is 33.6 Å². The molecule has 0 saturated heterocycles. The van der Waals surface area contributed by atoms with E-state index >= 15 is 0 Å². The van der Waals surface area contributed by atoms with Gasteiger partial charge in [-0.1, -0.05) is 29.6 Å². The van der Waals surface area contributed by atoms with Gasteiger partial charge in [0.25, 0.3) is 0 Å². The number of anilines is 5. The first-order valence-corrected chi connectivity index (χ1v) is 11.6. The smallest absolute Gasteiger partial charge is 0.392 e. The molecule has 2 aromatic carbocycles. The van der Waals surface area contributed by atoms with Crippen LogP contribution in [0.4, 0.5) is 42.0 Å². The number of alkyl halides is 3. The minimum absolute atomic E-state index is 0.246. The van der Waals surface area contributed by atoms with Gasteiger partial charge in [-0.2, -0.15) is 18.2 Å². The first-order valence-electron chi connectivity index (χ1n) is 10.0. The summed E-state index contributed by atoms with van der Waals surface area (Å²) < 4.78 is 51.0. The van der Waals surface area contributed by atoms with Crippen LogP contribution in [0.25, 0.3) is 0 Å². The maximum atomic E-state index is 12.4. The molecule has 1 heterocycles. The molecule has 3 aromatic rings. The SMILES string of the molecule is COc1ccc(Nc2nc(Nc3cccc(OCCC(F)(F)F)c3C)ncc2Cl)c(NSC)c1. The Morgan fingerprint density at radius 1 is 1.09 bits per heavy atom. The number of rotatable bonds is 10. The predicted molar refractivity (Wildman–Crippen MR) is 131 cm³/mol. The maximum Gasteiger partial charge on any atom is 0.392 e. The van der Waals surface area contributed by atoms with Crippen LogP contribution in [0.3, 0.4) is 0 Å². The molecular weight excluding hydrogens is 491 g/mol. The number of halogens is 4. The number of aromatic nitrogens is 2. The Labute approximate surface area is 204 Å². The number of methoxy groups -OCH3 is 1. The lowest BCUT2D eigenvalue weighted by Gasteiger charge is -2.16. The molecule has 3 N–H and O–H groups in total. The number of hydrogen-bond acceptors (Lipinski definition) is 8. The van der Waals surface area contributed by atoms with Crippen LogP contribution in [0.1, 0.15) is 12.0 Å². The second kappa shape index (κ2) is 11.4. The Kier molecular flexibility index (Phi) is 8.56. The van der Waals surface area contributed by atoms with Crippen LogP contribution < -0.4 is 24.8 Å². The van der Waals surface area contributed by atoms with Crippen molar-refractivity contribution >= 4 is 52.4 Å². The highest BCUT2D eigenvalue weighted by molar-refractivity contribution is 7.99. The van der Waals surface area contributed by atoms with E-state index in [2.05, 4.69) is 25.3 Å². The Morgan fingerprint density at radius 2 is 1.88 bits per heavy atom. The molecule has 0 aliphatic carbocycles. The maximum absolute atomic E-state index is 12.4. The Bertz CT molecular complexity index is 1130. The third-order valence-corrected chi connectivity index (χ3v) is 5.31. The van der Waals surface area contributed by atoms with Gasteiger partial charge in [-0.15, -0.1) is 0 Å². The molecule has 0 bridgehead atoms. The van der Waals surface area contributed by atoms with Crippen LogP contribution in [0.15, 0.2) is 42.6 Å². The number of nitrogens with one attached hydrogen (secondary N) is 3. The van der Waals surface area contributed by atoms with E-state index in [9.17, 15) is 13.2 Å². The molecular formula is C22H23ClF3N5O2S. The van der Waals surface area contributed by atoms with Crippen molar-refractivity contribution in [3.8, 4) is 11.5 Å². The minimum Gasteiger partial charge on any atom is -0.497 e. The van der Waals surface area contributed by atoms with Crippen molar-refractivity contribution < 1.29 is 22.6 Å². The lowest BCUT2D eigenvalue weighted by Crippen LogP contribution is -2.13. The van der Waals surface area contributed by atoms with E-state index in [1.54, 1.807) is 38.3 Å². The monoisotopic (exact) mass is 513 g/mol. The zero-order valence-corrected chi connectivity index (χ0v) is 20.2. The molecule has 0 unspecified atom stereocenters. The lowest BCUT2D eigenvalue weighted by atomic mass is 10.2. The second-order valence-corrected chi connectivity index (χ2v) is 8.02. The van der Waals surface area contributed by atoms with Crippen LogP contribution >= 0.6 is 23.5 Å². The Balaban J connectivity index is 1.79. The summed E-state index contributed by atoms with van der Waals surface area (Å²) in [5, 5.41) is 6.56. The molecule has 0 spiro atoms. The van der Waals surface area contributed by atoms with E-state index < -0.39 is 19.2 Å². The van der Waals surface area contributed by atoms with Gasteiger partial charge in [0.05, 0.1) is 37.7 Å². The fourth-order valence-electron chi connectivity index (χ4n) is 2.90. The van der Waals surface area contributed by atoms with Gasteiger partial charge >= 0.3 is 6.18 Å². The molecule has 0 radical (unpaired) electrons. The number of nitrogens with zero attached hydrogens (tertiary/aromatic N) is 2. The van der Waals surface area contributed by atoms with E-state index in [1.807, 2.05) is 18.4 Å². The zero-order chi connectivity index (χ0) is 24.7. The van der Waals surface area contributed by atoms with Gasteiger partial charge in [-0.25, -0.2) is 4.98 Å². The molecule has 0 aliphatic heterocycles. The minimum atomic E-state index is -4.28. The molecule has 182 valence electrons. The van der Waals surface area contributed by atoms with Crippen molar-refractivity contribution in [2.45, 2.75) is 19.5 Å². The molecule has 7 nitrogen and oxygen atoms in total. The topological polar surface area (TPSA) is 80.3 Å². The summed E-state index contributed by atoms with van der Waals surface area (Å²) in [6.45, 7) is 1.27. The molecule has 1 aromatic heterocycles. The average molecular weight is 514 g/mol. The predicted octanol–water partition coefficient (Wildman–Crippen LogP) is 6.96. The Hall–Kier alpha value is -3.05. The van der Waals surface area contributed by atoms with Crippen molar-refractivity contribution in [2.75, 3.05) is 35.3 Å². The summed E-state index contributed by atoms with van der Waals surface area (Å²) in [7, 11) is 1.59. The summed E-state index contributed by atoms with van der Waals surface area (Å²) in [5.41, 5.74) is 2.71. The van der Waals surface area contributed by atoms with Crippen molar-refractivity contribution in [1.82, 2.24) is 9.97 Å². The fourth-order valence-corrected chi connectivity index (χ4v) is 3.43. The van der Waals surface area contributed by atoms with E-state index in [0.717, 1.165) is 11.4 Å². The first-order chi connectivity index (χ1) is 16.2. The van der Waals surface area contributed by atoms with Gasteiger partial charge in [0.15, 0.2) is 5.82 Å². The summed E-state index contributed by atoms with van der Waals surface area (Å²) in [4.78, 5) is 8.65. The zero-order valence-electron chi connectivity index (χ0n) is 18.6. The van der Waals surface area contributed by atoms with E-state index in [1.165, 1.54) is 18.1 Å². The van der Waals surface area contributed by atoms with Gasteiger partial charge in [0.1, 0.15) is 16.5 Å². The fraction of sp³-hybridized carbons (Fsp3) is 0.273. The summed E-state index contributed by atoms with van der Waals surface area (Å²) >= 11 is 7.73. The number of ether oxygens (including phenoxy) is 2. The standard InChI is InChI=1S/C22H23ClF3N5O2S/c1-13-16(5-4-6-19(13)33-10-9-22(24,25)26)29-21-27-12-15(23)20(30-21)28-17-8-7-14(32-2)11-18(17)31-34-3/h4-8,11-12,31H,9-10H2,1-3H3,(H2,27,28,29,30). The normalized spacial score (nSPS) is 11.1. The Morgan fingerprint density at radius 3 is 2.59 bits per heavy atom. The molecule has 34 heavy (non-hydrogen) atoms. The molecule has 0 fully saturated rings. The second-order valence-electron chi connectivity index (χ2n) is 7.00. The van der Waals surface area contributed by atoms with Crippen molar-refractivity contribution in [1.29, 1.82) is 0 Å². The summed E-state index contributed by atoms with van der Waals surface area (Å²) in [6.07, 6.45) is -1.97. The molecule has 3 rings (SSSR count). The average Bonchev–Trinajstić information content (AvgIpc) is 2.79. The van der Waals surface area contributed by atoms with Gasteiger partial charge in [-0.3, -0.25) is 0 Å². The molecule has 0 atom stereocenters. The van der Waals surface area contributed by atoms with Crippen LogP contribution in [-0.2, 0) is 0 Å². The molecule has 0 aliphatic rings. The van der Waals surface area contributed by atoms with Gasteiger partial charge < -0.3 is 24.8 Å². The molecule has 0 saturated carbocycles. The molecule has 0 amide bonds. The lowest BCUT2D eigenvalue weighted by molar-refractivity contribution is -0.139. The summed E-state index contributed by atoms with van der Waals surface area (Å²) in [5.74, 6) is 1.64. The van der Waals surface area contributed by atoms with Crippen LogP contribution in [0.2, 0.25) is 5.02 Å². The summed E-state index contributed by atoms with van der Waals surface area (Å²) in [6, 6.07) is 10.5. The highest BCUT2D eigenvalue weighted by Crippen LogP contribution is 2.34. The quantitative estimate of drug-likeness (QED) is 0.251. The highest BCUT2D eigenvalue weighted by Gasteiger charge is 2.27. The van der Waals surface area contributed by atoms with Crippen molar-refractivity contribution in [3.05, 3.63) is 53.2 Å². The largest absolute Gasteiger partial charge is 0.497 e. The first kappa shape index (κ1) is 25.6. The molecule has 12 heteroatoms. The number of benzene rings is 2. The van der Waals surface area contributed by atoms with Crippen LogP contribution in [-0.4, -0.2) is 36.1 Å². The third kappa shape index (κ3) is 6.97. The number of hydrogen-bond donors (Lipinski definition) is 3. The van der Waals surface area contributed by atoms with Crippen molar-refractivity contribution in [2.24, 2.45) is 0 Å².